The third-order valence-corrected chi connectivity index (χ3v) is 2.53. The van der Waals surface area contributed by atoms with Gasteiger partial charge in [0.15, 0.2) is 6.39 Å². The minimum Gasteiger partial charge on any atom is -0.448 e. The highest BCUT2D eigenvalue weighted by Gasteiger charge is 2.20. The molecule has 1 aliphatic rings. The molecule has 1 fully saturated rings. The van der Waals surface area contributed by atoms with Crippen LogP contribution >= 0.6 is 0 Å². The van der Waals surface area contributed by atoms with Crippen LogP contribution in [-0.2, 0) is 6.54 Å². The van der Waals surface area contributed by atoms with Gasteiger partial charge in [-0.15, -0.1) is 0 Å². The predicted molar refractivity (Wildman–Crippen MR) is 49.1 cm³/mol. The molecule has 0 bridgehead atoms. The van der Waals surface area contributed by atoms with E-state index in [1.54, 1.807) is 0 Å². The zero-order chi connectivity index (χ0) is 9.26. The monoisotopic (exact) mass is 181 g/mol. The van der Waals surface area contributed by atoms with Crippen molar-refractivity contribution in [3.05, 3.63) is 17.8 Å². The van der Waals surface area contributed by atoms with Gasteiger partial charge in [0.25, 0.3) is 0 Å². The van der Waals surface area contributed by atoms with Crippen LogP contribution < -0.4 is 5.73 Å². The summed E-state index contributed by atoms with van der Waals surface area (Å²) in [5.74, 6) is 0.917. The Balaban J connectivity index is 1.95. The van der Waals surface area contributed by atoms with Crippen LogP contribution in [0.15, 0.2) is 10.8 Å². The summed E-state index contributed by atoms with van der Waals surface area (Å²) in [6, 6.07) is 0.340. The number of nitrogens with zero attached hydrogens (tertiary/aromatic N) is 2. The van der Waals surface area contributed by atoms with E-state index in [0.717, 1.165) is 37.5 Å². The Labute approximate surface area is 77.7 Å². The first-order chi connectivity index (χ1) is 6.25. The molecule has 1 aliphatic heterocycles. The van der Waals surface area contributed by atoms with Crippen LogP contribution in [0.25, 0.3) is 0 Å². The smallest absolute Gasteiger partial charge is 0.181 e. The van der Waals surface area contributed by atoms with E-state index < -0.39 is 0 Å². The van der Waals surface area contributed by atoms with Crippen molar-refractivity contribution in [1.29, 1.82) is 0 Å². The van der Waals surface area contributed by atoms with E-state index in [9.17, 15) is 0 Å². The third-order valence-electron chi connectivity index (χ3n) is 2.53. The molecule has 0 spiro atoms. The number of hydrogen-bond acceptors (Lipinski definition) is 4. The minimum atomic E-state index is 0.340. The fraction of sp³-hybridized carbons (Fsp3) is 0.667. The number of oxazole rings is 1. The van der Waals surface area contributed by atoms with Crippen LogP contribution in [0.5, 0.6) is 0 Å². The van der Waals surface area contributed by atoms with Gasteiger partial charge in [-0.1, -0.05) is 0 Å². The second-order valence-corrected chi connectivity index (χ2v) is 3.64. The van der Waals surface area contributed by atoms with Crippen molar-refractivity contribution < 1.29 is 4.42 Å². The number of likely N-dealkylation sites (tertiary alicyclic amines) is 1. The van der Waals surface area contributed by atoms with E-state index in [1.165, 1.54) is 6.39 Å². The molecular formula is C9H15N3O. The summed E-state index contributed by atoms with van der Waals surface area (Å²) in [7, 11) is 0. The van der Waals surface area contributed by atoms with Crippen molar-refractivity contribution in [3.8, 4) is 0 Å². The van der Waals surface area contributed by atoms with Crippen LogP contribution in [0.1, 0.15) is 17.9 Å². The van der Waals surface area contributed by atoms with Crippen LogP contribution in [0.2, 0.25) is 0 Å². The Hall–Kier alpha value is -0.870. The second-order valence-electron chi connectivity index (χ2n) is 3.64. The largest absolute Gasteiger partial charge is 0.448 e. The molecule has 4 heteroatoms. The van der Waals surface area contributed by atoms with E-state index >= 15 is 0 Å². The van der Waals surface area contributed by atoms with Crippen molar-refractivity contribution in [1.82, 2.24) is 9.88 Å². The molecule has 72 valence electrons. The average molecular weight is 181 g/mol. The fourth-order valence-electron chi connectivity index (χ4n) is 1.70. The van der Waals surface area contributed by atoms with Gasteiger partial charge in [0, 0.05) is 25.7 Å². The maximum atomic E-state index is 5.81. The Morgan fingerprint density at radius 2 is 2.62 bits per heavy atom. The topological polar surface area (TPSA) is 55.3 Å². The molecule has 0 saturated carbocycles. The Kier molecular flexibility index (Phi) is 2.33. The molecule has 0 amide bonds. The Morgan fingerprint density at radius 1 is 1.77 bits per heavy atom. The fourth-order valence-corrected chi connectivity index (χ4v) is 1.70. The molecule has 13 heavy (non-hydrogen) atoms. The van der Waals surface area contributed by atoms with Crippen LogP contribution in [0.4, 0.5) is 0 Å². The zero-order valence-electron chi connectivity index (χ0n) is 7.86. The molecule has 0 unspecified atom stereocenters. The SMILES string of the molecule is Cc1ocnc1CN1CC[C@@H](N)C1. The number of hydrogen-bond donors (Lipinski definition) is 1. The van der Waals surface area contributed by atoms with E-state index in [4.69, 9.17) is 10.2 Å². The first-order valence-electron chi connectivity index (χ1n) is 4.62. The summed E-state index contributed by atoms with van der Waals surface area (Å²) >= 11 is 0. The number of nitrogens with two attached hydrogens (primary N) is 1. The summed E-state index contributed by atoms with van der Waals surface area (Å²) in [6.07, 6.45) is 2.59. The molecular weight excluding hydrogens is 166 g/mol. The Bertz CT molecular complexity index is 284. The highest BCUT2D eigenvalue weighted by atomic mass is 16.3. The first kappa shape index (κ1) is 8.72. The van der Waals surface area contributed by atoms with Gasteiger partial charge in [0.2, 0.25) is 0 Å². The highest BCUT2D eigenvalue weighted by Crippen LogP contribution is 2.13. The average Bonchev–Trinajstić information content (AvgIpc) is 2.64. The van der Waals surface area contributed by atoms with Crippen molar-refractivity contribution in [3.63, 3.8) is 0 Å². The maximum Gasteiger partial charge on any atom is 0.181 e. The minimum absolute atomic E-state index is 0.340. The highest BCUT2D eigenvalue weighted by molar-refractivity contribution is 5.04. The van der Waals surface area contributed by atoms with E-state index in [1.807, 2.05) is 6.92 Å². The van der Waals surface area contributed by atoms with Crippen molar-refractivity contribution in [2.45, 2.75) is 25.9 Å². The van der Waals surface area contributed by atoms with Gasteiger partial charge in [-0.25, -0.2) is 4.98 Å². The molecule has 1 saturated heterocycles. The molecule has 1 atom stereocenters. The first-order valence-corrected chi connectivity index (χ1v) is 4.62. The van der Waals surface area contributed by atoms with Gasteiger partial charge < -0.3 is 10.2 Å². The van der Waals surface area contributed by atoms with Crippen LogP contribution in [0, 0.1) is 6.92 Å². The van der Waals surface area contributed by atoms with E-state index in [-0.39, 0.29) is 0 Å². The van der Waals surface area contributed by atoms with Gasteiger partial charge in [0.05, 0.1) is 5.69 Å². The molecule has 2 N–H and O–H groups in total. The molecule has 1 aromatic heterocycles. The Morgan fingerprint density at radius 3 is 3.15 bits per heavy atom. The zero-order valence-corrected chi connectivity index (χ0v) is 7.86. The molecule has 0 radical (unpaired) electrons. The summed E-state index contributed by atoms with van der Waals surface area (Å²) < 4.78 is 5.13. The molecule has 4 nitrogen and oxygen atoms in total. The predicted octanol–water partition coefficient (Wildman–Crippen LogP) is 0.516. The van der Waals surface area contributed by atoms with Crippen LogP contribution in [0.3, 0.4) is 0 Å². The van der Waals surface area contributed by atoms with Gasteiger partial charge in [-0.05, 0) is 13.3 Å². The lowest BCUT2D eigenvalue weighted by atomic mass is 10.3. The summed E-state index contributed by atoms with van der Waals surface area (Å²) in [6.45, 7) is 4.87. The van der Waals surface area contributed by atoms with E-state index in [0.29, 0.717) is 6.04 Å². The van der Waals surface area contributed by atoms with E-state index in [2.05, 4.69) is 9.88 Å². The molecule has 1 aromatic rings. The lowest BCUT2D eigenvalue weighted by molar-refractivity contribution is 0.321. The van der Waals surface area contributed by atoms with Gasteiger partial charge >= 0.3 is 0 Å². The number of rotatable bonds is 2. The summed E-state index contributed by atoms with van der Waals surface area (Å²) in [5, 5.41) is 0. The second kappa shape index (κ2) is 3.47. The lowest BCUT2D eigenvalue weighted by Crippen LogP contribution is -2.26. The maximum absolute atomic E-state index is 5.81. The number of aryl methyl sites for hydroxylation is 1. The van der Waals surface area contributed by atoms with Gasteiger partial charge in [0.1, 0.15) is 5.76 Å². The number of aromatic nitrogens is 1. The normalized spacial score (nSPS) is 24.0. The summed E-state index contributed by atoms with van der Waals surface area (Å²) in [5.41, 5.74) is 6.84. The van der Waals surface area contributed by atoms with Crippen molar-refractivity contribution in [2.24, 2.45) is 5.73 Å². The quantitative estimate of drug-likeness (QED) is 0.722. The van der Waals surface area contributed by atoms with Crippen LogP contribution in [-0.4, -0.2) is 29.0 Å². The summed E-state index contributed by atoms with van der Waals surface area (Å²) in [4.78, 5) is 6.47. The molecule has 2 rings (SSSR count). The molecule has 0 aromatic carbocycles. The van der Waals surface area contributed by atoms with Crippen molar-refractivity contribution >= 4 is 0 Å². The molecule has 2 heterocycles. The molecule has 0 aliphatic carbocycles. The third kappa shape index (κ3) is 1.89. The van der Waals surface area contributed by atoms with Gasteiger partial charge in [-0.3, -0.25) is 4.90 Å². The standard InChI is InChI=1S/C9H15N3O/c1-7-9(11-6-13-7)5-12-3-2-8(10)4-12/h6,8H,2-5,10H2,1H3/t8-/m1/s1. The van der Waals surface area contributed by atoms with Gasteiger partial charge in [-0.2, -0.15) is 0 Å². The van der Waals surface area contributed by atoms with Crippen molar-refractivity contribution in [2.75, 3.05) is 13.1 Å². The lowest BCUT2D eigenvalue weighted by Gasteiger charge is -2.12.